The largest absolute Gasteiger partial charge is 0.508 e. The summed E-state index contributed by atoms with van der Waals surface area (Å²) in [6.45, 7) is 1.91. The molecule has 0 unspecified atom stereocenters. The van der Waals surface area contributed by atoms with Crippen LogP contribution in [0.1, 0.15) is 12.5 Å². The second-order valence-electron chi connectivity index (χ2n) is 7.08. The van der Waals surface area contributed by atoms with E-state index < -0.39 is 27.1 Å². The van der Waals surface area contributed by atoms with E-state index in [0.29, 0.717) is 11.3 Å². The normalized spacial score (nSPS) is 10.7. The molecule has 0 bridgehead atoms. The summed E-state index contributed by atoms with van der Waals surface area (Å²) in [6.07, 6.45) is 1.32. The number of ether oxygens (including phenoxy) is 2. The standard InChI is InChI=1S/C24H18N4O8/c1-2-35-23-12-15(11-16(14-25)24(30)26-17-4-7-19(29)8-5-17)3-9-22(23)36-21-10-6-18(27(31)32)13-20(21)28(33)34/h3-13,29H,2H2,1H3,(H,26,30). The fourth-order valence-corrected chi connectivity index (χ4v) is 2.99. The molecule has 36 heavy (non-hydrogen) atoms. The Bertz CT molecular complexity index is 1390. The Morgan fingerprint density at radius 1 is 1.03 bits per heavy atom. The zero-order valence-corrected chi connectivity index (χ0v) is 18.7. The third-order valence-corrected chi connectivity index (χ3v) is 4.64. The summed E-state index contributed by atoms with van der Waals surface area (Å²) in [7, 11) is 0. The number of phenols is 1. The lowest BCUT2D eigenvalue weighted by Crippen LogP contribution is -2.13. The van der Waals surface area contributed by atoms with Gasteiger partial charge in [0.2, 0.25) is 5.75 Å². The SMILES string of the molecule is CCOc1cc(C=C(C#N)C(=O)Nc2ccc(O)cc2)ccc1Oc1ccc([N+](=O)[O-])cc1[N+](=O)[O-]. The molecule has 12 heteroatoms. The number of rotatable bonds is 9. The van der Waals surface area contributed by atoms with Gasteiger partial charge in [-0.05, 0) is 61.0 Å². The summed E-state index contributed by atoms with van der Waals surface area (Å²) in [5, 5.41) is 43.7. The molecule has 0 aliphatic heterocycles. The molecule has 0 saturated carbocycles. The maximum atomic E-state index is 12.5. The Balaban J connectivity index is 1.90. The first-order valence-corrected chi connectivity index (χ1v) is 10.3. The Kier molecular flexibility index (Phi) is 7.78. The third-order valence-electron chi connectivity index (χ3n) is 4.64. The van der Waals surface area contributed by atoms with Crippen molar-refractivity contribution in [3.8, 4) is 29.1 Å². The molecule has 0 fully saturated rings. The van der Waals surface area contributed by atoms with Crippen molar-refractivity contribution < 1.29 is 29.2 Å². The van der Waals surface area contributed by atoms with Crippen LogP contribution in [0.2, 0.25) is 0 Å². The molecule has 2 N–H and O–H groups in total. The third kappa shape index (κ3) is 6.12. The van der Waals surface area contributed by atoms with Crippen molar-refractivity contribution in [3.05, 3.63) is 92.0 Å². The Labute approximate surface area is 203 Å². The lowest BCUT2D eigenvalue weighted by molar-refractivity contribution is -0.394. The van der Waals surface area contributed by atoms with E-state index >= 15 is 0 Å². The molecule has 3 rings (SSSR count). The number of carbonyl (C=O) groups excluding carboxylic acids is 1. The van der Waals surface area contributed by atoms with Crippen LogP contribution in [-0.2, 0) is 4.79 Å². The van der Waals surface area contributed by atoms with E-state index in [0.717, 1.165) is 18.2 Å². The topological polar surface area (TPSA) is 178 Å². The molecule has 3 aromatic carbocycles. The molecule has 182 valence electrons. The van der Waals surface area contributed by atoms with Gasteiger partial charge in [0, 0.05) is 11.8 Å². The summed E-state index contributed by atoms with van der Waals surface area (Å²) in [5.41, 5.74) is -0.503. The second kappa shape index (κ2) is 11.1. The number of nitrogens with zero attached hydrogens (tertiary/aromatic N) is 3. The summed E-state index contributed by atoms with van der Waals surface area (Å²) in [5.74, 6) is -0.647. The highest BCUT2D eigenvalue weighted by Crippen LogP contribution is 2.38. The van der Waals surface area contributed by atoms with Gasteiger partial charge in [-0.15, -0.1) is 0 Å². The maximum Gasteiger partial charge on any atom is 0.318 e. The molecule has 0 aliphatic rings. The smallest absolute Gasteiger partial charge is 0.318 e. The molecule has 3 aromatic rings. The van der Waals surface area contributed by atoms with Gasteiger partial charge in [0.05, 0.1) is 22.5 Å². The number of nitrogens with one attached hydrogen (secondary N) is 1. The van der Waals surface area contributed by atoms with Gasteiger partial charge in [0.15, 0.2) is 11.5 Å². The van der Waals surface area contributed by atoms with Crippen molar-refractivity contribution in [3.63, 3.8) is 0 Å². The Hall–Kier alpha value is -5.44. The number of amides is 1. The first-order valence-electron chi connectivity index (χ1n) is 10.3. The van der Waals surface area contributed by atoms with Gasteiger partial charge in [-0.3, -0.25) is 25.0 Å². The van der Waals surface area contributed by atoms with Crippen molar-refractivity contribution in [2.75, 3.05) is 11.9 Å². The van der Waals surface area contributed by atoms with E-state index in [1.165, 1.54) is 48.5 Å². The second-order valence-corrected chi connectivity index (χ2v) is 7.08. The lowest BCUT2D eigenvalue weighted by Gasteiger charge is -2.12. The van der Waals surface area contributed by atoms with Crippen LogP contribution in [0.15, 0.2) is 66.2 Å². The summed E-state index contributed by atoms with van der Waals surface area (Å²) in [6, 6.07) is 14.9. The monoisotopic (exact) mass is 490 g/mol. The van der Waals surface area contributed by atoms with Crippen LogP contribution in [-0.4, -0.2) is 27.5 Å². The summed E-state index contributed by atoms with van der Waals surface area (Å²) < 4.78 is 11.2. The van der Waals surface area contributed by atoms with Crippen LogP contribution in [0.25, 0.3) is 6.08 Å². The average Bonchev–Trinajstić information content (AvgIpc) is 2.85. The zero-order chi connectivity index (χ0) is 26.2. The van der Waals surface area contributed by atoms with Gasteiger partial charge in [-0.1, -0.05) is 6.07 Å². The van der Waals surface area contributed by atoms with Crippen LogP contribution in [0, 0.1) is 31.6 Å². The van der Waals surface area contributed by atoms with E-state index in [1.807, 2.05) is 6.07 Å². The van der Waals surface area contributed by atoms with Crippen molar-refractivity contribution in [2.45, 2.75) is 6.92 Å². The predicted molar refractivity (Wildman–Crippen MR) is 128 cm³/mol. The molecular weight excluding hydrogens is 472 g/mol. The number of hydrogen-bond donors (Lipinski definition) is 2. The number of phenolic OH excluding ortho intramolecular Hbond substituents is 1. The van der Waals surface area contributed by atoms with Crippen LogP contribution < -0.4 is 14.8 Å². The van der Waals surface area contributed by atoms with Gasteiger partial charge in [-0.25, -0.2) is 0 Å². The summed E-state index contributed by atoms with van der Waals surface area (Å²) >= 11 is 0. The predicted octanol–water partition coefficient (Wildman–Crippen LogP) is 4.95. The number of aromatic hydroxyl groups is 1. The average molecular weight is 490 g/mol. The van der Waals surface area contributed by atoms with Crippen LogP contribution in [0.4, 0.5) is 17.1 Å². The zero-order valence-electron chi connectivity index (χ0n) is 18.7. The van der Waals surface area contributed by atoms with E-state index in [9.17, 15) is 35.4 Å². The molecule has 1 amide bonds. The minimum Gasteiger partial charge on any atom is -0.508 e. The van der Waals surface area contributed by atoms with E-state index in [1.54, 1.807) is 6.92 Å². The molecule has 0 atom stereocenters. The lowest BCUT2D eigenvalue weighted by atomic mass is 10.1. The number of non-ortho nitro benzene ring substituents is 1. The highest BCUT2D eigenvalue weighted by atomic mass is 16.6. The molecule has 0 spiro atoms. The number of carbonyl (C=O) groups is 1. The van der Waals surface area contributed by atoms with Gasteiger partial charge in [0.25, 0.3) is 11.6 Å². The molecule has 12 nitrogen and oxygen atoms in total. The number of anilines is 1. The molecule has 0 aromatic heterocycles. The minimum absolute atomic E-state index is 0.0221. The number of nitro groups is 2. The maximum absolute atomic E-state index is 12.5. The molecular formula is C24H18N4O8. The van der Waals surface area contributed by atoms with Crippen LogP contribution >= 0.6 is 0 Å². The van der Waals surface area contributed by atoms with E-state index in [4.69, 9.17) is 9.47 Å². The summed E-state index contributed by atoms with van der Waals surface area (Å²) in [4.78, 5) is 33.3. The van der Waals surface area contributed by atoms with E-state index in [2.05, 4.69) is 5.32 Å². The quantitative estimate of drug-likeness (QED) is 0.138. The minimum atomic E-state index is -0.800. The first kappa shape index (κ1) is 25.2. The highest BCUT2D eigenvalue weighted by molar-refractivity contribution is 6.09. The number of nitriles is 1. The fraction of sp³-hybridized carbons (Fsp3) is 0.0833. The highest BCUT2D eigenvalue weighted by Gasteiger charge is 2.22. The van der Waals surface area contributed by atoms with Crippen molar-refractivity contribution in [2.24, 2.45) is 0 Å². The van der Waals surface area contributed by atoms with Crippen molar-refractivity contribution in [1.29, 1.82) is 5.26 Å². The van der Waals surface area contributed by atoms with Gasteiger partial charge < -0.3 is 19.9 Å². The Morgan fingerprint density at radius 2 is 1.72 bits per heavy atom. The van der Waals surface area contributed by atoms with Gasteiger partial charge >= 0.3 is 5.69 Å². The van der Waals surface area contributed by atoms with Crippen LogP contribution in [0.3, 0.4) is 0 Å². The van der Waals surface area contributed by atoms with Crippen LogP contribution in [0.5, 0.6) is 23.0 Å². The first-order chi connectivity index (χ1) is 17.2. The molecule has 0 radical (unpaired) electrons. The molecule has 0 saturated heterocycles. The molecule has 0 aliphatic carbocycles. The van der Waals surface area contributed by atoms with Gasteiger partial charge in [-0.2, -0.15) is 5.26 Å². The van der Waals surface area contributed by atoms with Crippen molar-refractivity contribution >= 4 is 29.0 Å². The van der Waals surface area contributed by atoms with E-state index in [-0.39, 0.29) is 35.2 Å². The van der Waals surface area contributed by atoms with Gasteiger partial charge in [0.1, 0.15) is 17.4 Å². The fourth-order valence-electron chi connectivity index (χ4n) is 2.99. The number of hydrogen-bond acceptors (Lipinski definition) is 9. The molecule has 0 heterocycles. The Morgan fingerprint density at radius 3 is 2.33 bits per heavy atom. The number of benzene rings is 3. The van der Waals surface area contributed by atoms with Crippen molar-refractivity contribution in [1.82, 2.24) is 0 Å². The number of nitro benzene ring substituents is 2.